The lowest BCUT2D eigenvalue weighted by Crippen LogP contribution is -2.61. The molecule has 0 N–H and O–H groups in total. The molecule has 0 saturated carbocycles. The van der Waals surface area contributed by atoms with Gasteiger partial charge in [0.2, 0.25) is 0 Å². The maximum atomic E-state index is 6.70. The molecule has 0 fully saturated rings. The lowest BCUT2D eigenvalue weighted by molar-refractivity contribution is 0.590. The van der Waals surface area contributed by atoms with Gasteiger partial charge in [-0.25, -0.2) is 0 Å². The van der Waals surface area contributed by atoms with E-state index in [1.54, 1.807) is 0 Å². The van der Waals surface area contributed by atoms with Crippen molar-refractivity contribution in [3.63, 3.8) is 0 Å². The predicted octanol–water partition coefficient (Wildman–Crippen LogP) is 18.9. The van der Waals surface area contributed by atoms with Crippen LogP contribution in [-0.4, -0.2) is 11.3 Å². The first-order chi connectivity index (χ1) is 38.3. The number of hydrogen-bond acceptors (Lipinski definition) is 3. The molecule has 0 atom stereocenters. The minimum atomic E-state index is -0.0785. The van der Waals surface area contributed by atoms with E-state index < -0.39 is 0 Å². The second-order valence-corrected chi connectivity index (χ2v) is 25.4. The topological polar surface area (TPSA) is 24.6 Å². The van der Waals surface area contributed by atoms with Crippen LogP contribution >= 0.6 is 0 Å². The molecule has 4 heterocycles. The quantitative estimate of drug-likeness (QED) is 0.161. The third kappa shape index (κ3) is 7.49. The second kappa shape index (κ2) is 17.7. The molecule has 0 unspecified atom stereocenters. The van der Waals surface area contributed by atoms with Gasteiger partial charge in [0, 0.05) is 49.9 Å². The van der Waals surface area contributed by atoms with Crippen molar-refractivity contribution in [1.82, 2.24) is 4.57 Å². The summed E-state index contributed by atoms with van der Waals surface area (Å²) in [6.45, 7) is 30.1. The number of para-hydroxylation sites is 3. The van der Waals surface area contributed by atoms with Crippen molar-refractivity contribution in [3.05, 3.63) is 226 Å². The maximum Gasteiger partial charge on any atom is 0.252 e. The maximum absolute atomic E-state index is 6.70. The SMILES string of the molecule is Cc1cc2c3c(c1)N(c1c(C)cc(-c4cccc5c4oc4ccccc45)cc1C)c1cc4c(cc1B3c1ccc(C(C)(C)C)cc1N2c1c(C)cc(-c2ccccc2)cc1C)c1cc(C(C)(C)C)ccc1n4-c1c(C)cccc1C. The minimum absolute atomic E-state index is 0.0405. The van der Waals surface area contributed by atoms with Gasteiger partial charge in [0.15, 0.2) is 0 Å². The molecule has 2 aliphatic heterocycles. The molecule has 5 heteroatoms. The number of benzene rings is 10. The van der Waals surface area contributed by atoms with Gasteiger partial charge in [-0.05, 0) is 209 Å². The highest BCUT2D eigenvalue weighted by molar-refractivity contribution is 7.00. The van der Waals surface area contributed by atoms with Crippen molar-refractivity contribution in [2.75, 3.05) is 9.80 Å². The molecule has 0 saturated heterocycles. The Hall–Kier alpha value is -8.54. The highest BCUT2D eigenvalue weighted by Gasteiger charge is 2.45. The second-order valence-electron chi connectivity index (χ2n) is 25.4. The van der Waals surface area contributed by atoms with Crippen molar-refractivity contribution in [2.45, 2.75) is 101 Å². The number of nitrogens with zero attached hydrogens (tertiary/aromatic N) is 3. The Balaban J connectivity index is 1.10. The number of furan rings is 1. The molecule has 80 heavy (non-hydrogen) atoms. The predicted molar refractivity (Wildman–Crippen MR) is 344 cm³/mol. The number of aryl methyl sites for hydroxylation is 7. The Morgan fingerprint density at radius 2 is 0.925 bits per heavy atom. The highest BCUT2D eigenvalue weighted by Crippen LogP contribution is 2.51. The van der Waals surface area contributed by atoms with E-state index in [1.165, 1.54) is 139 Å². The van der Waals surface area contributed by atoms with Crippen molar-refractivity contribution in [2.24, 2.45) is 0 Å². The summed E-state index contributed by atoms with van der Waals surface area (Å²) in [6.07, 6.45) is 0. The first kappa shape index (κ1) is 49.7. The summed E-state index contributed by atoms with van der Waals surface area (Å²) in [7, 11) is 0. The van der Waals surface area contributed by atoms with E-state index in [9.17, 15) is 0 Å². The van der Waals surface area contributed by atoms with Crippen LogP contribution in [0.4, 0.5) is 34.1 Å². The fourth-order valence-electron chi connectivity index (χ4n) is 14.0. The fraction of sp³-hybridized carbons (Fsp3) is 0.200. The molecule has 2 aromatic heterocycles. The molecule has 4 nitrogen and oxygen atoms in total. The van der Waals surface area contributed by atoms with Gasteiger partial charge in [0.25, 0.3) is 6.71 Å². The normalized spacial score (nSPS) is 13.2. The molecule has 10 aromatic carbocycles. The lowest BCUT2D eigenvalue weighted by Gasteiger charge is -2.46. The van der Waals surface area contributed by atoms with Gasteiger partial charge in [0.05, 0.1) is 28.1 Å². The third-order valence-corrected chi connectivity index (χ3v) is 17.7. The van der Waals surface area contributed by atoms with Crippen molar-refractivity contribution >= 4 is 101 Å². The van der Waals surface area contributed by atoms with E-state index in [2.05, 4.69) is 280 Å². The molecule has 0 bridgehead atoms. The van der Waals surface area contributed by atoms with Crippen LogP contribution in [0.3, 0.4) is 0 Å². The molecule has 0 aliphatic carbocycles. The monoisotopic (exact) mass is 1040 g/mol. The van der Waals surface area contributed by atoms with Gasteiger partial charge in [-0.2, -0.15) is 0 Å². The van der Waals surface area contributed by atoms with Crippen LogP contribution in [0, 0.1) is 48.5 Å². The molecule has 12 aromatic rings. The summed E-state index contributed by atoms with van der Waals surface area (Å²) < 4.78 is 9.27. The average Bonchev–Trinajstić information content (AvgIpc) is 2.55. The minimum Gasteiger partial charge on any atom is -0.455 e. The Morgan fingerprint density at radius 3 is 1.57 bits per heavy atom. The van der Waals surface area contributed by atoms with Crippen molar-refractivity contribution in [1.29, 1.82) is 0 Å². The van der Waals surface area contributed by atoms with Crippen molar-refractivity contribution in [3.8, 4) is 27.9 Å². The lowest BCUT2D eigenvalue weighted by atomic mass is 9.33. The Bertz CT molecular complexity index is 4530. The molecule has 0 radical (unpaired) electrons. The van der Waals surface area contributed by atoms with Crippen LogP contribution < -0.4 is 26.2 Å². The molecule has 14 rings (SSSR count). The van der Waals surface area contributed by atoms with Gasteiger partial charge >= 0.3 is 0 Å². The smallest absolute Gasteiger partial charge is 0.252 e. The molecule has 0 spiro atoms. The summed E-state index contributed by atoms with van der Waals surface area (Å²) >= 11 is 0. The van der Waals surface area contributed by atoms with Crippen LogP contribution in [0.15, 0.2) is 180 Å². The zero-order valence-electron chi connectivity index (χ0n) is 48.6. The molecular formula is C75H68BN3O. The van der Waals surface area contributed by atoms with Crippen LogP contribution in [0.25, 0.3) is 71.7 Å². The number of fused-ring (bicyclic) bond motifs is 10. The summed E-state index contributed by atoms with van der Waals surface area (Å²) in [5, 5.41) is 4.82. The first-order valence-corrected chi connectivity index (χ1v) is 28.6. The van der Waals surface area contributed by atoms with Gasteiger partial charge in [-0.3, -0.25) is 0 Å². The highest BCUT2D eigenvalue weighted by atomic mass is 16.3. The summed E-state index contributed by atoms with van der Waals surface area (Å²) in [4.78, 5) is 5.30. The standard InChI is InChI=1S/C75H68BN3O/c1-43-33-66-69-67(34-43)79(72-48(6)37-52(38-49(72)7)55-26-20-27-57-56-25-17-18-28-68(56)80-73(55)57)65-42-63-59(58-39-53(74(8,9)10)30-32-62(58)77(63)70-44(2)21-19-22-45(70)3)41-61(65)76(69)60-31-29-54(75(11,12)13)40-64(60)78(66)71-46(4)35-51(36-47(71)5)50-23-15-14-16-24-50/h14-42H,1-13H3. The fourth-order valence-corrected chi connectivity index (χ4v) is 14.0. The van der Waals surface area contributed by atoms with E-state index in [1.807, 2.05) is 0 Å². The van der Waals surface area contributed by atoms with E-state index in [0.29, 0.717) is 0 Å². The number of aromatic nitrogens is 1. The Kier molecular flexibility index (Phi) is 11.0. The molecule has 2 aliphatic rings. The van der Waals surface area contributed by atoms with Gasteiger partial charge in [-0.15, -0.1) is 0 Å². The molecule has 0 amide bonds. The van der Waals surface area contributed by atoms with E-state index >= 15 is 0 Å². The average molecular weight is 1040 g/mol. The van der Waals surface area contributed by atoms with Crippen LogP contribution in [-0.2, 0) is 10.8 Å². The largest absolute Gasteiger partial charge is 0.455 e. The summed E-state index contributed by atoms with van der Waals surface area (Å²) in [5.41, 5.74) is 32.6. The first-order valence-electron chi connectivity index (χ1n) is 28.6. The summed E-state index contributed by atoms with van der Waals surface area (Å²) in [6, 6.07) is 66.9. The zero-order valence-corrected chi connectivity index (χ0v) is 48.6. The van der Waals surface area contributed by atoms with E-state index in [4.69, 9.17) is 4.42 Å². The van der Waals surface area contributed by atoms with Gasteiger partial charge in [-0.1, -0.05) is 151 Å². The summed E-state index contributed by atoms with van der Waals surface area (Å²) in [5.74, 6) is 0. The molecular weight excluding hydrogens is 970 g/mol. The Labute approximate surface area is 472 Å². The van der Waals surface area contributed by atoms with E-state index in [0.717, 1.165) is 33.1 Å². The third-order valence-electron chi connectivity index (χ3n) is 17.7. The van der Waals surface area contributed by atoms with E-state index in [-0.39, 0.29) is 17.5 Å². The van der Waals surface area contributed by atoms with Crippen LogP contribution in [0.1, 0.15) is 91.6 Å². The number of anilines is 6. The number of rotatable bonds is 5. The number of hydrogen-bond donors (Lipinski definition) is 0. The zero-order chi connectivity index (χ0) is 55.4. The molecule has 392 valence electrons. The van der Waals surface area contributed by atoms with Crippen molar-refractivity contribution < 1.29 is 4.42 Å². The van der Waals surface area contributed by atoms with Crippen LogP contribution in [0.5, 0.6) is 0 Å². The van der Waals surface area contributed by atoms with Gasteiger partial charge < -0.3 is 18.8 Å². The Morgan fingerprint density at radius 1 is 0.375 bits per heavy atom. The van der Waals surface area contributed by atoms with Gasteiger partial charge in [0.1, 0.15) is 11.2 Å². The van der Waals surface area contributed by atoms with Crippen LogP contribution in [0.2, 0.25) is 0 Å².